The van der Waals surface area contributed by atoms with E-state index in [1.807, 2.05) is 0 Å². The van der Waals surface area contributed by atoms with Crippen molar-refractivity contribution in [1.82, 2.24) is 15.1 Å². The van der Waals surface area contributed by atoms with Gasteiger partial charge in [0.05, 0.1) is 13.7 Å². The number of carbonyl (C=O) groups is 1. The van der Waals surface area contributed by atoms with Gasteiger partial charge in [0.1, 0.15) is 11.6 Å². The zero-order valence-electron chi connectivity index (χ0n) is 18.1. The van der Waals surface area contributed by atoms with Gasteiger partial charge in [0.15, 0.2) is 0 Å². The van der Waals surface area contributed by atoms with Crippen LogP contribution in [0.15, 0.2) is 46.9 Å². The van der Waals surface area contributed by atoms with Gasteiger partial charge in [-0.2, -0.15) is 8.78 Å². The minimum atomic E-state index is -2.93. The first-order valence-electron chi connectivity index (χ1n) is 10.3. The van der Waals surface area contributed by atoms with Gasteiger partial charge in [-0.1, -0.05) is 6.07 Å². The molecule has 3 aromatic rings. The second kappa shape index (κ2) is 10.2. The number of halogens is 3. The number of rotatable bonds is 6. The number of anilines is 1. The summed E-state index contributed by atoms with van der Waals surface area (Å²) in [6, 6.07) is 10.4. The van der Waals surface area contributed by atoms with Crippen LogP contribution in [0.1, 0.15) is 17.9 Å². The minimum Gasteiger partial charge on any atom is -0.497 e. The lowest BCUT2D eigenvalue weighted by atomic mass is 10.1. The standard InChI is InChI=1S/C22H21F3N4O4S/c1-32-17-6-4-16(5-7-17)29(22(30)28-8-10-34(31)11-9-28)13-15-3-2-14(12-18(15)23)20-26-27-21(33-20)19(24)25/h2-7,12,19H,8-11,13H2,1H3. The van der Waals surface area contributed by atoms with Crippen LogP contribution in [0.25, 0.3) is 11.5 Å². The first kappa shape index (κ1) is 23.7. The largest absolute Gasteiger partial charge is 0.497 e. The molecule has 1 saturated heterocycles. The summed E-state index contributed by atoms with van der Waals surface area (Å²) in [4.78, 5) is 16.3. The smallest absolute Gasteiger partial charge is 0.324 e. The molecule has 2 amide bonds. The monoisotopic (exact) mass is 494 g/mol. The summed E-state index contributed by atoms with van der Waals surface area (Å²) in [5, 5.41) is 6.77. The normalized spacial score (nSPS) is 14.4. The maximum Gasteiger partial charge on any atom is 0.324 e. The summed E-state index contributed by atoms with van der Waals surface area (Å²) in [6.07, 6.45) is -2.93. The predicted octanol–water partition coefficient (Wildman–Crippen LogP) is 4.01. The van der Waals surface area contributed by atoms with Gasteiger partial charge >= 0.3 is 12.5 Å². The van der Waals surface area contributed by atoms with Crippen molar-refractivity contribution in [3.05, 3.63) is 59.7 Å². The quantitative estimate of drug-likeness (QED) is 0.515. The maximum absolute atomic E-state index is 15.0. The number of nitrogens with zero attached hydrogens (tertiary/aromatic N) is 4. The molecule has 8 nitrogen and oxygen atoms in total. The lowest BCUT2D eigenvalue weighted by molar-refractivity contribution is 0.116. The molecule has 2 aromatic carbocycles. The third-order valence-corrected chi connectivity index (χ3v) is 6.59. The Labute approximate surface area is 195 Å². The van der Waals surface area contributed by atoms with Crippen molar-refractivity contribution in [2.75, 3.05) is 36.6 Å². The number of carbonyl (C=O) groups excluding carboxylic acids is 1. The Balaban J connectivity index is 1.61. The van der Waals surface area contributed by atoms with Gasteiger partial charge in [0, 0.05) is 52.2 Å². The Morgan fingerprint density at radius 1 is 1.18 bits per heavy atom. The molecule has 1 fully saturated rings. The topological polar surface area (TPSA) is 88.8 Å². The zero-order chi connectivity index (χ0) is 24.2. The van der Waals surface area contributed by atoms with E-state index < -0.39 is 28.9 Å². The number of benzene rings is 2. The Kier molecular flexibility index (Phi) is 7.15. The average Bonchev–Trinajstić information content (AvgIpc) is 3.34. The van der Waals surface area contributed by atoms with Gasteiger partial charge in [0.25, 0.3) is 5.89 Å². The number of hydrogen-bond donors (Lipinski definition) is 0. The molecule has 4 rings (SSSR count). The van der Waals surface area contributed by atoms with E-state index in [2.05, 4.69) is 10.2 Å². The highest BCUT2D eigenvalue weighted by atomic mass is 32.2. The van der Waals surface area contributed by atoms with Crippen molar-refractivity contribution >= 4 is 22.5 Å². The number of hydrogen-bond acceptors (Lipinski definition) is 6. The van der Waals surface area contributed by atoms with Crippen molar-refractivity contribution < 1.29 is 31.3 Å². The number of alkyl halides is 2. The molecular formula is C22H21F3N4O4S. The van der Waals surface area contributed by atoms with Crippen molar-refractivity contribution in [2.45, 2.75) is 13.0 Å². The predicted molar refractivity (Wildman–Crippen MR) is 119 cm³/mol. The van der Waals surface area contributed by atoms with E-state index >= 15 is 4.39 Å². The number of amides is 2. The minimum absolute atomic E-state index is 0.0943. The Morgan fingerprint density at radius 3 is 2.47 bits per heavy atom. The van der Waals surface area contributed by atoms with Crippen molar-refractivity contribution in [3.63, 3.8) is 0 Å². The van der Waals surface area contributed by atoms with E-state index in [9.17, 15) is 17.8 Å². The van der Waals surface area contributed by atoms with Crippen LogP contribution in [0.2, 0.25) is 0 Å². The molecule has 0 atom stereocenters. The Bertz CT molecular complexity index is 1180. The highest BCUT2D eigenvalue weighted by molar-refractivity contribution is 7.85. The van der Waals surface area contributed by atoms with Gasteiger partial charge in [-0.15, -0.1) is 10.2 Å². The van der Waals surface area contributed by atoms with Gasteiger partial charge in [-0.05, 0) is 36.4 Å². The van der Waals surface area contributed by atoms with E-state index in [0.717, 1.165) is 6.07 Å². The first-order valence-corrected chi connectivity index (χ1v) is 11.8. The van der Waals surface area contributed by atoms with Crippen LogP contribution in [-0.4, -0.2) is 57.0 Å². The molecule has 1 aliphatic rings. The highest BCUT2D eigenvalue weighted by Gasteiger charge is 2.27. The van der Waals surface area contributed by atoms with E-state index in [1.54, 1.807) is 29.2 Å². The molecule has 0 saturated carbocycles. The van der Waals surface area contributed by atoms with Crippen molar-refractivity contribution in [1.29, 1.82) is 0 Å². The summed E-state index contributed by atoms with van der Waals surface area (Å²) < 4.78 is 62.2. The molecule has 1 aliphatic heterocycles. The van der Waals surface area contributed by atoms with Crippen LogP contribution < -0.4 is 9.64 Å². The number of aromatic nitrogens is 2. The third-order valence-electron chi connectivity index (χ3n) is 5.32. The van der Waals surface area contributed by atoms with Crippen LogP contribution >= 0.6 is 0 Å². The molecule has 0 bridgehead atoms. The molecule has 0 spiro atoms. The van der Waals surface area contributed by atoms with Gasteiger partial charge in [0.2, 0.25) is 5.89 Å². The van der Waals surface area contributed by atoms with Crippen LogP contribution in [0.3, 0.4) is 0 Å². The molecule has 0 unspecified atom stereocenters. The number of ether oxygens (including phenoxy) is 1. The molecule has 0 aliphatic carbocycles. The lowest BCUT2D eigenvalue weighted by Crippen LogP contribution is -2.48. The molecule has 1 aromatic heterocycles. The van der Waals surface area contributed by atoms with E-state index in [0.29, 0.717) is 36.0 Å². The first-order chi connectivity index (χ1) is 16.4. The molecule has 180 valence electrons. The summed E-state index contributed by atoms with van der Waals surface area (Å²) in [6.45, 7) is 0.579. The number of urea groups is 1. The lowest BCUT2D eigenvalue weighted by Gasteiger charge is -2.33. The van der Waals surface area contributed by atoms with Crippen molar-refractivity contribution in [2.24, 2.45) is 0 Å². The SMILES string of the molecule is COc1ccc(N(Cc2ccc(-c3nnc(C(F)F)o3)cc2F)C(=O)N2CCS(=O)CC2)cc1. The fourth-order valence-electron chi connectivity index (χ4n) is 3.45. The molecule has 0 radical (unpaired) electrons. The van der Waals surface area contributed by atoms with E-state index in [4.69, 9.17) is 9.15 Å². The second-order valence-corrected chi connectivity index (χ2v) is 9.15. The van der Waals surface area contributed by atoms with E-state index in [1.165, 1.54) is 24.1 Å². The molecule has 0 N–H and O–H groups in total. The molecule has 2 heterocycles. The zero-order valence-corrected chi connectivity index (χ0v) is 18.9. The third kappa shape index (κ3) is 5.22. The maximum atomic E-state index is 15.0. The highest BCUT2D eigenvalue weighted by Crippen LogP contribution is 2.27. The van der Waals surface area contributed by atoms with Gasteiger partial charge in [-0.3, -0.25) is 9.11 Å². The molecule has 12 heteroatoms. The van der Waals surface area contributed by atoms with E-state index in [-0.39, 0.29) is 29.6 Å². The summed E-state index contributed by atoms with van der Waals surface area (Å²) >= 11 is 0. The van der Waals surface area contributed by atoms with Crippen LogP contribution in [-0.2, 0) is 17.3 Å². The second-order valence-electron chi connectivity index (χ2n) is 7.45. The van der Waals surface area contributed by atoms with Gasteiger partial charge < -0.3 is 14.1 Å². The fraction of sp³-hybridized carbons (Fsp3) is 0.318. The fourth-order valence-corrected chi connectivity index (χ4v) is 4.50. The van der Waals surface area contributed by atoms with Crippen LogP contribution in [0.5, 0.6) is 5.75 Å². The number of methoxy groups -OCH3 is 1. The van der Waals surface area contributed by atoms with Crippen molar-refractivity contribution in [3.8, 4) is 17.2 Å². The summed E-state index contributed by atoms with van der Waals surface area (Å²) in [7, 11) is 0.565. The summed E-state index contributed by atoms with van der Waals surface area (Å²) in [5.41, 5.74) is 0.864. The van der Waals surface area contributed by atoms with Crippen LogP contribution in [0, 0.1) is 5.82 Å². The Morgan fingerprint density at radius 2 is 1.88 bits per heavy atom. The molecular weight excluding hydrogens is 473 g/mol. The molecule has 34 heavy (non-hydrogen) atoms. The van der Waals surface area contributed by atoms with Gasteiger partial charge in [-0.25, -0.2) is 9.18 Å². The van der Waals surface area contributed by atoms with Crippen LogP contribution in [0.4, 0.5) is 23.7 Å². The Hall–Kier alpha value is -3.41. The average molecular weight is 494 g/mol. The summed E-state index contributed by atoms with van der Waals surface area (Å²) in [5.74, 6) is -0.377.